The van der Waals surface area contributed by atoms with Crippen molar-refractivity contribution in [1.82, 2.24) is 5.06 Å². The quantitative estimate of drug-likeness (QED) is 0.550. The van der Waals surface area contributed by atoms with E-state index in [1.165, 1.54) is 19.3 Å². The highest BCUT2D eigenvalue weighted by atomic mass is 16.7. The van der Waals surface area contributed by atoms with Crippen molar-refractivity contribution in [3.05, 3.63) is 0 Å². The normalized spacial score (nSPS) is 26.2. The largest absolute Gasteiger partial charge is 0.459 e. The first-order valence-electron chi connectivity index (χ1n) is 5.90. The van der Waals surface area contributed by atoms with Crippen molar-refractivity contribution in [1.29, 1.82) is 0 Å². The Morgan fingerprint density at radius 1 is 1.33 bits per heavy atom. The van der Waals surface area contributed by atoms with Gasteiger partial charge in [0.1, 0.15) is 11.5 Å². The zero-order valence-corrected chi connectivity index (χ0v) is 11.6. The summed E-state index contributed by atoms with van der Waals surface area (Å²) < 4.78 is 10.3. The summed E-state index contributed by atoms with van der Waals surface area (Å²) in [5.74, 6) is -1.59. The monoisotopic (exact) mass is 259 g/mol. The lowest BCUT2D eigenvalue weighted by atomic mass is 9.95. The lowest BCUT2D eigenvalue weighted by Gasteiger charge is -2.35. The average Bonchev–Trinajstić information content (AvgIpc) is 2.25. The van der Waals surface area contributed by atoms with Gasteiger partial charge in [-0.3, -0.25) is 14.4 Å². The molecule has 0 amide bonds. The van der Waals surface area contributed by atoms with Crippen LogP contribution in [0.5, 0.6) is 0 Å². The molecule has 1 rings (SSSR count). The predicted octanol–water partition coefficient (Wildman–Crippen LogP) is 0.753. The van der Waals surface area contributed by atoms with E-state index in [0.717, 1.165) is 0 Å². The van der Waals surface area contributed by atoms with Gasteiger partial charge in [-0.25, -0.2) is 0 Å². The number of ether oxygens (including phenoxy) is 2. The summed E-state index contributed by atoms with van der Waals surface area (Å²) in [5.41, 5.74) is -0.599. The molecule has 6 heteroatoms. The lowest BCUT2D eigenvalue weighted by molar-refractivity contribution is -0.239. The highest BCUT2D eigenvalue weighted by Crippen LogP contribution is 2.23. The number of ketones is 1. The fraction of sp³-hybridized carbons (Fsp3) is 0.833. The van der Waals surface area contributed by atoms with E-state index < -0.39 is 23.7 Å². The van der Waals surface area contributed by atoms with E-state index in [4.69, 9.17) is 14.3 Å². The van der Waals surface area contributed by atoms with Crippen LogP contribution in [0.4, 0.5) is 0 Å². The first-order valence-corrected chi connectivity index (χ1v) is 5.90. The molecule has 1 aliphatic rings. The molecule has 0 aromatic heterocycles. The van der Waals surface area contributed by atoms with Crippen LogP contribution in [0.2, 0.25) is 0 Å². The Morgan fingerprint density at radius 2 is 1.94 bits per heavy atom. The van der Waals surface area contributed by atoms with Gasteiger partial charge in [0.2, 0.25) is 0 Å². The van der Waals surface area contributed by atoms with E-state index >= 15 is 0 Å². The van der Waals surface area contributed by atoms with Gasteiger partial charge in [-0.2, -0.15) is 5.06 Å². The lowest BCUT2D eigenvalue weighted by Crippen LogP contribution is -2.52. The van der Waals surface area contributed by atoms with E-state index in [-0.39, 0.29) is 5.78 Å². The zero-order valence-electron chi connectivity index (χ0n) is 11.6. The summed E-state index contributed by atoms with van der Waals surface area (Å²) in [4.78, 5) is 29.1. The molecule has 0 aromatic rings. The van der Waals surface area contributed by atoms with E-state index in [1.54, 1.807) is 20.8 Å². The van der Waals surface area contributed by atoms with Crippen molar-refractivity contribution in [3.8, 4) is 0 Å². The number of rotatable bonds is 3. The van der Waals surface area contributed by atoms with Crippen LogP contribution in [0.1, 0.15) is 27.2 Å². The van der Waals surface area contributed by atoms with Crippen molar-refractivity contribution in [2.75, 3.05) is 20.8 Å². The van der Waals surface area contributed by atoms with Crippen LogP contribution in [0.15, 0.2) is 0 Å². The second kappa shape index (κ2) is 5.77. The number of hydroxylamine groups is 2. The molecule has 0 bridgehead atoms. The zero-order chi connectivity index (χ0) is 13.9. The third-order valence-electron chi connectivity index (χ3n) is 2.64. The number of hydrogen-bond donors (Lipinski definition) is 0. The van der Waals surface area contributed by atoms with Crippen LogP contribution < -0.4 is 0 Å². The third-order valence-corrected chi connectivity index (χ3v) is 2.64. The molecule has 18 heavy (non-hydrogen) atoms. The van der Waals surface area contributed by atoms with Crippen LogP contribution in [0, 0.1) is 5.92 Å². The summed E-state index contributed by atoms with van der Waals surface area (Å²) in [7, 11) is 2.87. The van der Waals surface area contributed by atoms with Gasteiger partial charge in [-0.1, -0.05) is 0 Å². The molecular weight excluding hydrogens is 238 g/mol. The Bertz CT molecular complexity index is 323. The smallest absolute Gasteiger partial charge is 0.317 e. The first kappa shape index (κ1) is 15.1. The second-order valence-electron chi connectivity index (χ2n) is 5.19. The maximum atomic E-state index is 12.1. The fourth-order valence-corrected chi connectivity index (χ4v) is 1.86. The SMILES string of the molecule is COC1C(=O)C(C(=O)OC(C)(C)C)CCN1OC. The maximum absolute atomic E-state index is 12.1. The predicted molar refractivity (Wildman–Crippen MR) is 63.5 cm³/mol. The molecule has 1 heterocycles. The van der Waals surface area contributed by atoms with Crippen molar-refractivity contribution in [3.63, 3.8) is 0 Å². The number of piperidine rings is 1. The van der Waals surface area contributed by atoms with Crippen LogP contribution in [-0.2, 0) is 23.9 Å². The summed E-state index contributed by atoms with van der Waals surface area (Å²) >= 11 is 0. The minimum absolute atomic E-state index is 0.320. The molecule has 0 spiro atoms. The molecule has 1 fully saturated rings. The van der Waals surface area contributed by atoms with Crippen molar-refractivity contribution >= 4 is 11.8 Å². The second-order valence-corrected chi connectivity index (χ2v) is 5.19. The van der Waals surface area contributed by atoms with E-state index in [9.17, 15) is 9.59 Å². The molecular formula is C12H21NO5. The first-order chi connectivity index (χ1) is 8.30. The Kier molecular flexibility index (Phi) is 4.84. The summed E-state index contributed by atoms with van der Waals surface area (Å²) in [6.45, 7) is 5.76. The Labute approximate surface area is 107 Å². The van der Waals surface area contributed by atoms with E-state index in [0.29, 0.717) is 13.0 Å². The highest BCUT2D eigenvalue weighted by molar-refractivity contribution is 6.01. The molecule has 0 radical (unpaired) electrons. The highest BCUT2D eigenvalue weighted by Gasteiger charge is 2.42. The number of Topliss-reactive ketones (excluding diaryl/α,β-unsaturated/α-hetero) is 1. The molecule has 1 aliphatic heterocycles. The van der Waals surface area contributed by atoms with Gasteiger partial charge >= 0.3 is 5.97 Å². The molecule has 6 nitrogen and oxygen atoms in total. The number of hydrogen-bond acceptors (Lipinski definition) is 6. The average molecular weight is 259 g/mol. The number of carbonyl (C=O) groups is 2. The van der Waals surface area contributed by atoms with E-state index in [2.05, 4.69) is 0 Å². The number of methoxy groups -OCH3 is 1. The molecule has 104 valence electrons. The number of esters is 1. The Hall–Kier alpha value is -0.980. The summed E-state index contributed by atoms with van der Waals surface area (Å²) in [6.07, 6.45) is -0.470. The Morgan fingerprint density at radius 3 is 2.39 bits per heavy atom. The molecule has 0 N–H and O–H groups in total. The molecule has 2 atom stereocenters. The number of nitrogens with zero attached hydrogens (tertiary/aromatic N) is 1. The molecule has 1 saturated heterocycles. The molecule has 2 unspecified atom stereocenters. The van der Waals surface area contributed by atoms with Crippen LogP contribution in [0.25, 0.3) is 0 Å². The summed E-state index contributed by atoms with van der Waals surface area (Å²) in [6, 6.07) is 0. The van der Waals surface area contributed by atoms with Crippen LogP contribution in [-0.4, -0.2) is 49.4 Å². The van der Waals surface area contributed by atoms with Crippen LogP contribution >= 0.6 is 0 Å². The van der Waals surface area contributed by atoms with Gasteiger partial charge in [0.25, 0.3) is 0 Å². The van der Waals surface area contributed by atoms with Gasteiger partial charge in [0.15, 0.2) is 12.0 Å². The van der Waals surface area contributed by atoms with Crippen LogP contribution in [0.3, 0.4) is 0 Å². The fourth-order valence-electron chi connectivity index (χ4n) is 1.86. The third kappa shape index (κ3) is 3.51. The van der Waals surface area contributed by atoms with Crippen molar-refractivity contribution in [2.24, 2.45) is 5.92 Å². The maximum Gasteiger partial charge on any atom is 0.317 e. The van der Waals surface area contributed by atoms with Gasteiger partial charge < -0.3 is 9.47 Å². The van der Waals surface area contributed by atoms with Crippen molar-refractivity contribution < 1.29 is 23.9 Å². The number of carbonyl (C=O) groups excluding carboxylic acids is 2. The Balaban J connectivity index is 2.74. The molecule has 0 saturated carbocycles. The molecule has 0 aromatic carbocycles. The standard InChI is InChI=1S/C12H21NO5/c1-12(2,3)18-11(15)8-6-7-13(17-5)10(16-4)9(8)14/h8,10H,6-7H2,1-5H3. The van der Waals surface area contributed by atoms with Gasteiger partial charge in [-0.15, -0.1) is 0 Å². The van der Waals surface area contributed by atoms with Gasteiger partial charge in [-0.05, 0) is 27.2 Å². The van der Waals surface area contributed by atoms with Gasteiger partial charge in [0.05, 0.1) is 7.11 Å². The van der Waals surface area contributed by atoms with E-state index in [1.807, 2.05) is 0 Å². The minimum Gasteiger partial charge on any atom is -0.459 e. The topological polar surface area (TPSA) is 65.1 Å². The summed E-state index contributed by atoms with van der Waals surface area (Å²) in [5, 5.41) is 1.42. The minimum atomic E-state index is -0.846. The van der Waals surface area contributed by atoms with Gasteiger partial charge in [0, 0.05) is 13.7 Å². The molecule has 0 aliphatic carbocycles. The van der Waals surface area contributed by atoms with Crippen molar-refractivity contribution in [2.45, 2.75) is 39.0 Å².